The second-order valence-corrected chi connectivity index (χ2v) is 8.14. The Morgan fingerprint density at radius 1 is 1.43 bits per heavy atom. The summed E-state index contributed by atoms with van der Waals surface area (Å²) in [4.78, 5) is 18.5. The van der Waals surface area contributed by atoms with E-state index in [2.05, 4.69) is 25.8 Å². The summed E-state index contributed by atoms with van der Waals surface area (Å²) in [5.41, 5.74) is 1.20. The number of nitrogens with zero attached hydrogens (tertiary/aromatic N) is 2. The quantitative estimate of drug-likeness (QED) is 0.582. The van der Waals surface area contributed by atoms with Crippen LogP contribution in [-0.2, 0) is 17.1 Å². The molecule has 5 heteroatoms. The molecule has 0 saturated carbocycles. The van der Waals surface area contributed by atoms with E-state index in [1.165, 1.54) is 0 Å². The minimum absolute atomic E-state index is 0.225. The van der Waals surface area contributed by atoms with Crippen LogP contribution in [0.1, 0.15) is 50.7 Å². The van der Waals surface area contributed by atoms with Gasteiger partial charge in [-0.3, -0.25) is 4.79 Å². The van der Waals surface area contributed by atoms with Crippen molar-refractivity contribution >= 4 is 28.8 Å². The van der Waals surface area contributed by atoms with Crippen molar-refractivity contribution in [3.63, 3.8) is 0 Å². The molecule has 3 nitrogen and oxygen atoms in total. The van der Waals surface area contributed by atoms with Crippen LogP contribution in [0.3, 0.4) is 0 Å². The summed E-state index contributed by atoms with van der Waals surface area (Å²) in [6.45, 7) is 8.50. The van der Waals surface area contributed by atoms with Gasteiger partial charge in [0.1, 0.15) is 0 Å². The predicted octanol–water partition coefficient (Wildman–Crippen LogP) is 4.10. The average Bonchev–Trinajstić information content (AvgIpc) is 3.01. The highest BCUT2D eigenvalue weighted by atomic mass is 35.5. The number of carbonyl (C=O) groups excluding carboxylic acids is 1. The van der Waals surface area contributed by atoms with Crippen LogP contribution in [0.15, 0.2) is 5.38 Å². The van der Waals surface area contributed by atoms with Gasteiger partial charge in [-0.1, -0.05) is 20.8 Å². The van der Waals surface area contributed by atoms with Gasteiger partial charge in [0.05, 0.1) is 16.6 Å². The number of unbranched alkanes of at least 4 members (excludes halogenated alkanes) is 1. The highest BCUT2D eigenvalue weighted by Gasteiger charge is 2.36. The SMILES string of the molecule is CC(C)(C)C1CC(=O)N(CCCCc2nc(CCl)cs2)C1. The first-order chi connectivity index (χ1) is 9.90. The van der Waals surface area contributed by atoms with Gasteiger partial charge in [-0.2, -0.15) is 0 Å². The Hall–Kier alpha value is -0.610. The third-order valence-electron chi connectivity index (χ3n) is 4.24. The predicted molar refractivity (Wildman–Crippen MR) is 88.8 cm³/mol. The van der Waals surface area contributed by atoms with Crippen molar-refractivity contribution in [3.8, 4) is 0 Å². The number of amides is 1. The van der Waals surface area contributed by atoms with Crippen molar-refractivity contribution in [1.82, 2.24) is 9.88 Å². The van der Waals surface area contributed by atoms with Crippen LogP contribution in [0.5, 0.6) is 0 Å². The number of aromatic nitrogens is 1. The first kappa shape index (κ1) is 16.8. The third-order valence-corrected chi connectivity index (χ3v) is 5.48. The molecule has 2 heterocycles. The number of halogens is 1. The van der Waals surface area contributed by atoms with E-state index in [-0.39, 0.29) is 5.41 Å². The van der Waals surface area contributed by atoms with Gasteiger partial charge in [0.25, 0.3) is 0 Å². The van der Waals surface area contributed by atoms with E-state index >= 15 is 0 Å². The summed E-state index contributed by atoms with van der Waals surface area (Å²) in [6.07, 6.45) is 3.85. The van der Waals surface area contributed by atoms with Gasteiger partial charge >= 0.3 is 0 Å². The van der Waals surface area contributed by atoms with E-state index in [9.17, 15) is 4.79 Å². The molecule has 0 N–H and O–H groups in total. The summed E-state index contributed by atoms with van der Waals surface area (Å²) in [6, 6.07) is 0. The molecule has 0 radical (unpaired) electrons. The molecule has 1 atom stereocenters. The smallest absolute Gasteiger partial charge is 0.222 e. The molecule has 0 aromatic carbocycles. The Balaban J connectivity index is 1.70. The molecule has 1 amide bonds. The van der Waals surface area contributed by atoms with Crippen molar-refractivity contribution in [2.45, 2.75) is 52.3 Å². The van der Waals surface area contributed by atoms with Gasteiger partial charge in [0, 0.05) is 24.9 Å². The highest BCUT2D eigenvalue weighted by Crippen LogP contribution is 2.34. The highest BCUT2D eigenvalue weighted by molar-refractivity contribution is 7.09. The number of carbonyl (C=O) groups is 1. The van der Waals surface area contributed by atoms with Crippen LogP contribution in [0.2, 0.25) is 0 Å². The maximum absolute atomic E-state index is 12.0. The van der Waals surface area contributed by atoms with Gasteiger partial charge in [0.2, 0.25) is 5.91 Å². The summed E-state index contributed by atoms with van der Waals surface area (Å²) in [5, 5.41) is 3.19. The van der Waals surface area contributed by atoms with E-state index in [1.807, 2.05) is 10.3 Å². The van der Waals surface area contributed by atoms with Gasteiger partial charge < -0.3 is 4.90 Å². The summed E-state index contributed by atoms with van der Waals surface area (Å²) in [5.74, 6) is 1.32. The summed E-state index contributed by atoms with van der Waals surface area (Å²) in [7, 11) is 0. The van der Waals surface area contributed by atoms with Crippen molar-refractivity contribution in [3.05, 3.63) is 16.1 Å². The van der Waals surface area contributed by atoms with Crippen LogP contribution in [0.4, 0.5) is 0 Å². The third kappa shape index (κ3) is 4.68. The van der Waals surface area contributed by atoms with E-state index in [0.717, 1.165) is 49.5 Å². The van der Waals surface area contributed by atoms with Crippen LogP contribution in [0, 0.1) is 11.3 Å². The van der Waals surface area contributed by atoms with Crippen LogP contribution < -0.4 is 0 Å². The van der Waals surface area contributed by atoms with Crippen LogP contribution in [0.25, 0.3) is 0 Å². The number of aryl methyl sites for hydroxylation is 1. The molecule has 1 fully saturated rings. The molecule has 1 aliphatic rings. The van der Waals surface area contributed by atoms with Crippen LogP contribution >= 0.6 is 22.9 Å². The van der Waals surface area contributed by atoms with E-state index < -0.39 is 0 Å². The molecule has 1 saturated heterocycles. The Labute approximate surface area is 136 Å². The fraction of sp³-hybridized carbons (Fsp3) is 0.750. The Kier molecular flexibility index (Phi) is 5.67. The molecular weight excluding hydrogens is 304 g/mol. The molecule has 1 unspecified atom stereocenters. The Bertz CT molecular complexity index is 481. The normalized spacial score (nSPS) is 19.5. The minimum atomic E-state index is 0.225. The lowest BCUT2D eigenvalue weighted by atomic mass is 9.80. The number of alkyl halides is 1. The number of hydrogen-bond donors (Lipinski definition) is 0. The number of thiazole rings is 1. The Morgan fingerprint density at radius 2 is 2.19 bits per heavy atom. The maximum Gasteiger partial charge on any atom is 0.222 e. The van der Waals surface area contributed by atoms with Crippen molar-refractivity contribution in [2.24, 2.45) is 11.3 Å². The van der Waals surface area contributed by atoms with Crippen molar-refractivity contribution in [2.75, 3.05) is 13.1 Å². The summed E-state index contributed by atoms with van der Waals surface area (Å²) >= 11 is 7.44. The second kappa shape index (κ2) is 7.10. The zero-order chi connectivity index (χ0) is 15.5. The second-order valence-electron chi connectivity index (χ2n) is 6.93. The van der Waals surface area contributed by atoms with Gasteiger partial charge in [-0.25, -0.2) is 4.98 Å². The zero-order valence-corrected chi connectivity index (χ0v) is 14.8. The monoisotopic (exact) mass is 328 g/mol. The molecule has 0 aliphatic carbocycles. The molecule has 0 bridgehead atoms. The molecular formula is C16H25ClN2OS. The largest absolute Gasteiger partial charge is 0.342 e. The fourth-order valence-corrected chi connectivity index (χ4v) is 3.74. The van der Waals surface area contributed by atoms with Gasteiger partial charge in [-0.05, 0) is 30.6 Å². The van der Waals surface area contributed by atoms with E-state index in [4.69, 9.17) is 11.6 Å². The topological polar surface area (TPSA) is 33.2 Å². The van der Waals surface area contributed by atoms with Crippen molar-refractivity contribution in [1.29, 1.82) is 0 Å². The van der Waals surface area contributed by atoms with Gasteiger partial charge in [0.15, 0.2) is 0 Å². The molecule has 0 spiro atoms. The zero-order valence-electron chi connectivity index (χ0n) is 13.2. The Morgan fingerprint density at radius 3 is 2.76 bits per heavy atom. The lowest BCUT2D eigenvalue weighted by Crippen LogP contribution is -2.28. The lowest BCUT2D eigenvalue weighted by Gasteiger charge is -2.26. The average molecular weight is 329 g/mol. The van der Waals surface area contributed by atoms with Gasteiger partial charge in [-0.15, -0.1) is 22.9 Å². The molecule has 2 rings (SSSR count). The minimum Gasteiger partial charge on any atom is -0.342 e. The maximum atomic E-state index is 12.0. The summed E-state index contributed by atoms with van der Waals surface area (Å²) < 4.78 is 0. The van der Waals surface area contributed by atoms with Crippen LogP contribution in [-0.4, -0.2) is 28.9 Å². The standard InChI is InChI=1S/C16H25ClN2OS/c1-16(2,3)12-8-15(20)19(10-12)7-5-4-6-14-18-13(9-17)11-21-14/h11-12H,4-10H2,1-3H3. The number of rotatable bonds is 6. The first-order valence-electron chi connectivity index (χ1n) is 7.67. The van der Waals surface area contributed by atoms with E-state index in [1.54, 1.807) is 11.3 Å². The first-order valence-corrected chi connectivity index (χ1v) is 9.08. The fourth-order valence-electron chi connectivity index (χ4n) is 2.67. The molecule has 1 aromatic rings. The molecule has 1 aromatic heterocycles. The van der Waals surface area contributed by atoms with E-state index in [0.29, 0.717) is 17.7 Å². The lowest BCUT2D eigenvalue weighted by molar-refractivity contribution is -0.127. The number of likely N-dealkylation sites (tertiary alicyclic amines) is 1. The molecule has 118 valence electrons. The number of hydrogen-bond acceptors (Lipinski definition) is 3. The van der Waals surface area contributed by atoms with Crippen molar-refractivity contribution < 1.29 is 4.79 Å². The molecule has 1 aliphatic heterocycles. The molecule has 21 heavy (non-hydrogen) atoms.